The van der Waals surface area contributed by atoms with Crippen molar-refractivity contribution in [3.63, 3.8) is 0 Å². The summed E-state index contributed by atoms with van der Waals surface area (Å²) in [4.78, 5) is 4.35. The first-order valence-electron chi connectivity index (χ1n) is 21.2. The van der Waals surface area contributed by atoms with Crippen LogP contribution < -0.4 is 0 Å². The van der Waals surface area contributed by atoms with Crippen molar-refractivity contribution in [3.8, 4) is 27.9 Å². The molecule has 0 spiro atoms. The largest absolute Gasteiger partial charge is 0.295 e. The highest BCUT2D eigenvalue weighted by Gasteiger charge is 2.35. The standard InChI is InChI=1S/C37H28N2/c1-23-38-33-18-10-11-19-34(33)39(23)36-29-15-6-4-13-27(29)35(28-14-5-7-16-30(28)36)24-20-21-26-25-12-8-9-17-31(25)37(2,3)32(26)22-24/h4-22H,1-3H3/i1D3,4D,5D,6D,7D,8D,9D,12D,13D,14D,15D,16D,17D,20D,21D,22D. The van der Waals surface area contributed by atoms with Crippen molar-refractivity contribution in [2.75, 3.05) is 0 Å². The van der Waals surface area contributed by atoms with Crippen LogP contribution in [0.25, 0.3) is 60.5 Å². The molecule has 0 unspecified atom stereocenters. The summed E-state index contributed by atoms with van der Waals surface area (Å²) < 4.78 is 162. The molecule has 6 aromatic carbocycles. The van der Waals surface area contributed by atoms with Gasteiger partial charge >= 0.3 is 0 Å². The second-order valence-electron chi connectivity index (χ2n) is 9.86. The van der Waals surface area contributed by atoms with Crippen LogP contribution in [0.2, 0.25) is 0 Å². The number of aryl methyl sites for hydroxylation is 1. The Morgan fingerprint density at radius 2 is 1.36 bits per heavy atom. The third kappa shape index (κ3) is 3.00. The minimum Gasteiger partial charge on any atom is -0.295 e. The molecule has 39 heavy (non-hydrogen) atoms. The zero-order chi connectivity index (χ0) is 41.9. The van der Waals surface area contributed by atoms with E-state index in [1.54, 1.807) is 26.0 Å². The number of nitrogens with zero attached hydrogens (tertiary/aromatic N) is 2. The maximum atomic E-state index is 9.80. The van der Waals surface area contributed by atoms with Gasteiger partial charge < -0.3 is 0 Å². The summed E-state index contributed by atoms with van der Waals surface area (Å²) in [6.45, 7) is 0.198. The predicted octanol–water partition coefficient (Wildman–Crippen LogP) is 9.61. The Labute approximate surface area is 253 Å². The maximum Gasteiger partial charge on any atom is 0.111 e. The third-order valence-electron chi connectivity index (χ3n) is 7.38. The molecule has 1 aliphatic rings. The van der Waals surface area contributed by atoms with Crippen molar-refractivity contribution in [1.29, 1.82) is 0 Å². The fraction of sp³-hybridized carbons (Fsp3) is 0.108. The van der Waals surface area contributed by atoms with E-state index in [9.17, 15) is 9.60 Å². The number of para-hydroxylation sites is 2. The summed E-state index contributed by atoms with van der Waals surface area (Å²) in [5.41, 5.74) is -2.47. The van der Waals surface area contributed by atoms with Crippen LogP contribution in [0.5, 0.6) is 0 Å². The molecule has 2 nitrogen and oxygen atoms in total. The van der Waals surface area contributed by atoms with Crippen LogP contribution in [0.15, 0.2) is 115 Å². The quantitative estimate of drug-likeness (QED) is 0.208. The number of hydrogen-bond donors (Lipinski definition) is 0. The Morgan fingerprint density at radius 1 is 0.718 bits per heavy atom. The van der Waals surface area contributed by atoms with Crippen molar-refractivity contribution in [2.45, 2.75) is 26.1 Å². The average Bonchev–Trinajstić information content (AvgIpc) is 3.67. The summed E-state index contributed by atoms with van der Waals surface area (Å²) in [5.74, 6) is -0.577. The van der Waals surface area contributed by atoms with Crippen LogP contribution in [0.1, 0.15) is 55.5 Å². The Hall–Kier alpha value is -4.69. The normalized spacial score (nSPS) is 20.6. The molecule has 1 aliphatic carbocycles. The number of aromatic nitrogens is 2. The first-order chi connectivity index (χ1) is 26.5. The highest BCUT2D eigenvalue weighted by atomic mass is 15.1. The van der Waals surface area contributed by atoms with Crippen LogP contribution in [0.3, 0.4) is 0 Å². The lowest BCUT2D eigenvalue weighted by Crippen LogP contribution is -2.14. The molecule has 7 aromatic rings. The Morgan fingerprint density at radius 3 is 2.10 bits per heavy atom. The average molecular weight is 519 g/mol. The predicted molar refractivity (Wildman–Crippen MR) is 164 cm³/mol. The molecule has 0 fully saturated rings. The smallest absolute Gasteiger partial charge is 0.111 e. The molecular formula is C37H28N2. The zero-order valence-electron chi connectivity index (χ0n) is 38.7. The monoisotopic (exact) mass is 518 g/mol. The summed E-state index contributed by atoms with van der Waals surface area (Å²) in [7, 11) is 0. The van der Waals surface area contributed by atoms with Crippen molar-refractivity contribution in [2.24, 2.45) is 0 Å². The van der Waals surface area contributed by atoms with Crippen molar-refractivity contribution < 1.29 is 24.7 Å². The summed E-state index contributed by atoms with van der Waals surface area (Å²) in [6.07, 6.45) is 0. The van der Waals surface area contributed by atoms with E-state index in [0.717, 1.165) is 4.57 Å². The molecular weight excluding hydrogens is 472 g/mol. The first-order valence-corrected chi connectivity index (χ1v) is 12.2. The van der Waals surface area contributed by atoms with E-state index in [2.05, 4.69) is 4.98 Å². The molecule has 0 bridgehead atoms. The highest BCUT2D eigenvalue weighted by Crippen LogP contribution is 2.51. The lowest BCUT2D eigenvalue weighted by molar-refractivity contribution is 0.660. The molecule has 1 heterocycles. The second-order valence-corrected chi connectivity index (χ2v) is 9.86. The molecule has 8 rings (SSSR count). The van der Waals surface area contributed by atoms with Crippen molar-refractivity contribution in [1.82, 2.24) is 9.55 Å². The summed E-state index contributed by atoms with van der Waals surface area (Å²) in [5, 5.41) is -1.67. The van der Waals surface area contributed by atoms with E-state index in [4.69, 9.17) is 15.1 Å². The molecule has 186 valence electrons. The maximum absolute atomic E-state index is 9.80. The van der Waals surface area contributed by atoms with Crippen molar-refractivity contribution >= 4 is 32.6 Å². The van der Waals surface area contributed by atoms with Gasteiger partial charge in [-0.3, -0.25) is 4.57 Å². The number of imidazole rings is 1. The van der Waals surface area contributed by atoms with Gasteiger partial charge in [0.1, 0.15) is 5.82 Å². The van der Waals surface area contributed by atoms with Gasteiger partial charge in [-0.2, -0.15) is 0 Å². The van der Waals surface area contributed by atoms with Gasteiger partial charge in [-0.25, -0.2) is 4.98 Å². The van der Waals surface area contributed by atoms with Crippen LogP contribution in [-0.2, 0) is 5.41 Å². The van der Waals surface area contributed by atoms with E-state index in [-0.39, 0.29) is 39.0 Å². The van der Waals surface area contributed by atoms with Crippen LogP contribution >= 0.6 is 0 Å². The molecule has 2 heteroatoms. The number of fused-ring (bicyclic) bond motifs is 6. The summed E-state index contributed by atoms with van der Waals surface area (Å²) >= 11 is 0. The van der Waals surface area contributed by atoms with Crippen LogP contribution in [0.4, 0.5) is 0 Å². The zero-order valence-corrected chi connectivity index (χ0v) is 20.7. The molecule has 0 saturated heterocycles. The molecule has 0 aliphatic heterocycles. The lowest BCUT2D eigenvalue weighted by atomic mass is 9.81. The fourth-order valence-corrected chi connectivity index (χ4v) is 5.61. The van der Waals surface area contributed by atoms with E-state index < -0.39 is 141 Å². The van der Waals surface area contributed by atoms with E-state index >= 15 is 0 Å². The molecule has 0 saturated carbocycles. The van der Waals surface area contributed by atoms with Gasteiger partial charge in [-0.15, -0.1) is 0 Å². The molecule has 0 radical (unpaired) electrons. The van der Waals surface area contributed by atoms with Crippen LogP contribution in [-0.4, -0.2) is 9.55 Å². The molecule has 1 aromatic heterocycles. The number of benzene rings is 6. The topological polar surface area (TPSA) is 17.8 Å². The first kappa shape index (κ1) is 10.8. The second kappa shape index (κ2) is 7.91. The minimum absolute atomic E-state index is 0.00200. The summed E-state index contributed by atoms with van der Waals surface area (Å²) in [6, 6.07) is -3.75. The number of rotatable bonds is 2. The minimum atomic E-state index is -2.97. The van der Waals surface area contributed by atoms with Gasteiger partial charge in [0.25, 0.3) is 0 Å². The Balaban J connectivity index is 1.72. The van der Waals surface area contributed by atoms with Gasteiger partial charge in [-0.05, 0) is 69.2 Å². The molecule has 0 N–H and O–H groups in total. The highest BCUT2D eigenvalue weighted by molar-refractivity contribution is 6.18. The molecule has 0 amide bonds. The van der Waals surface area contributed by atoms with E-state index in [1.807, 2.05) is 0 Å². The Kier molecular flexibility index (Phi) is 2.19. The fourth-order valence-electron chi connectivity index (χ4n) is 5.61. The van der Waals surface area contributed by atoms with Crippen LogP contribution in [0, 0.1) is 6.85 Å². The number of hydrogen-bond acceptors (Lipinski definition) is 1. The van der Waals surface area contributed by atoms with Gasteiger partial charge in [-0.1, -0.05) is 111 Å². The third-order valence-corrected chi connectivity index (χ3v) is 7.38. The SMILES string of the molecule is [2H]c1c([2H])c([2H])c2c(c1[2H])-c1c([2H])c([2H])c(-c3c4c([2H])c([2H])c([2H])c([2H])c4c(-n4c(C([2H])([2H])[2H])nc5ccccc54)c4c([2H])c([2H])c([2H])c([2H])c34)c([2H])c1C2(C)C. The van der Waals surface area contributed by atoms with Gasteiger partial charge in [0, 0.05) is 20.3 Å². The Bertz CT molecular complexity index is 2950. The molecule has 0 atom stereocenters. The van der Waals surface area contributed by atoms with Gasteiger partial charge in [0.05, 0.1) is 37.3 Å². The van der Waals surface area contributed by atoms with Gasteiger partial charge in [0.2, 0.25) is 0 Å². The lowest BCUT2D eigenvalue weighted by Gasteiger charge is -2.23. The van der Waals surface area contributed by atoms with Gasteiger partial charge in [0.15, 0.2) is 0 Å². The van der Waals surface area contributed by atoms with Crippen molar-refractivity contribution in [3.05, 3.63) is 132 Å². The van der Waals surface area contributed by atoms with E-state index in [0.29, 0.717) is 0 Å². The van der Waals surface area contributed by atoms with E-state index in [1.165, 1.54) is 12.1 Å².